The van der Waals surface area contributed by atoms with Crippen LogP contribution in [-0.4, -0.2) is 26.2 Å². The molecule has 0 aromatic heterocycles. The molecule has 134 valence electrons. The van der Waals surface area contributed by atoms with E-state index in [2.05, 4.69) is 5.32 Å². The number of nitrogens with one attached hydrogen (secondary N) is 1. The van der Waals surface area contributed by atoms with Crippen LogP contribution in [0.15, 0.2) is 24.3 Å². The molecular formula is C21H27NO3. The van der Waals surface area contributed by atoms with Crippen molar-refractivity contribution >= 4 is 12.0 Å². The van der Waals surface area contributed by atoms with Gasteiger partial charge in [-0.05, 0) is 80.1 Å². The van der Waals surface area contributed by atoms with Crippen LogP contribution in [0.4, 0.5) is 0 Å². The number of carbonyl (C=O) groups excluding carboxylic acids is 1. The van der Waals surface area contributed by atoms with E-state index in [9.17, 15) is 4.79 Å². The topological polar surface area (TPSA) is 47.6 Å². The van der Waals surface area contributed by atoms with Gasteiger partial charge >= 0.3 is 0 Å². The first-order valence-electron chi connectivity index (χ1n) is 9.37. The highest BCUT2D eigenvalue weighted by atomic mass is 16.5. The average molecular weight is 341 g/mol. The number of hydrogen-bond acceptors (Lipinski definition) is 3. The van der Waals surface area contributed by atoms with E-state index in [0.29, 0.717) is 17.9 Å². The summed E-state index contributed by atoms with van der Waals surface area (Å²) in [6, 6.07) is 5.96. The minimum atomic E-state index is 0.00217. The molecule has 4 heteroatoms. The molecule has 0 unspecified atom stereocenters. The van der Waals surface area contributed by atoms with Gasteiger partial charge in [0.25, 0.3) is 0 Å². The van der Waals surface area contributed by atoms with E-state index in [1.165, 1.54) is 32.1 Å². The molecule has 4 aliphatic rings. The van der Waals surface area contributed by atoms with Crippen molar-refractivity contribution in [2.24, 2.45) is 23.7 Å². The van der Waals surface area contributed by atoms with Gasteiger partial charge in [-0.3, -0.25) is 4.79 Å². The average Bonchev–Trinajstić information content (AvgIpc) is 2.62. The van der Waals surface area contributed by atoms with Gasteiger partial charge in [-0.25, -0.2) is 0 Å². The van der Waals surface area contributed by atoms with E-state index in [-0.39, 0.29) is 5.91 Å². The number of hydrogen-bond donors (Lipinski definition) is 1. The van der Waals surface area contributed by atoms with Gasteiger partial charge in [0.15, 0.2) is 0 Å². The van der Waals surface area contributed by atoms with Crippen molar-refractivity contribution in [2.45, 2.75) is 38.1 Å². The predicted octanol–water partition coefficient (Wildman–Crippen LogP) is 3.66. The van der Waals surface area contributed by atoms with Crippen LogP contribution in [-0.2, 0) is 4.79 Å². The number of amides is 1. The molecule has 0 spiro atoms. The Bertz CT molecular complexity index is 654. The Labute approximate surface area is 149 Å². The lowest BCUT2D eigenvalue weighted by molar-refractivity contribution is -0.120. The zero-order valence-electron chi connectivity index (χ0n) is 15.0. The SMILES string of the molecule is COc1ccc(OC)c(/C=C/C(=O)NC2C3CC4CC(C3)CC2C4)c1. The quantitative estimate of drug-likeness (QED) is 0.832. The lowest BCUT2D eigenvalue weighted by atomic mass is 9.54. The molecule has 1 N–H and O–H groups in total. The molecular weight excluding hydrogens is 314 g/mol. The molecule has 0 aliphatic heterocycles. The fourth-order valence-corrected chi connectivity index (χ4v) is 5.51. The van der Waals surface area contributed by atoms with Crippen LogP contribution in [0, 0.1) is 23.7 Å². The molecule has 4 saturated carbocycles. The smallest absolute Gasteiger partial charge is 0.244 e. The number of benzene rings is 1. The first-order valence-corrected chi connectivity index (χ1v) is 9.37. The van der Waals surface area contributed by atoms with Crippen LogP contribution in [0.25, 0.3) is 6.08 Å². The Hall–Kier alpha value is -1.97. The highest BCUT2D eigenvalue weighted by molar-refractivity contribution is 5.92. The van der Waals surface area contributed by atoms with Gasteiger partial charge in [0.1, 0.15) is 11.5 Å². The van der Waals surface area contributed by atoms with Gasteiger partial charge in [-0.2, -0.15) is 0 Å². The summed E-state index contributed by atoms with van der Waals surface area (Å²) in [5.41, 5.74) is 0.849. The summed E-state index contributed by atoms with van der Waals surface area (Å²) in [6.45, 7) is 0. The standard InChI is InChI=1S/C21H27NO3/c1-24-18-4-5-19(25-2)15(12-18)3-6-20(23)22-21-16-8-13-7-14(10-16)11-17(21)9-13/h3-6,12-14,16-17,21H,7-11H2,1-2H3,(H,22,23)/b6-3+. The molecule has 25 heavy (non-hydrogen) atoms. The molecule has 4 bridgehead atoms. The highest BCUT2D eigenvalue weighted by Gasteiger charge is 2.48. The number of carbonyl (C=O) groups is 1. The van der Waals surface area contributed by atoms with Crippen LogP contribution < -0.4 is 14.8 Å². The predicted molar refractivity (Wildman–Crippen MR) is 97.6 cm³/mol. The minimum Gasteiger partial charge on any atom is -0.497 e. The Morgan fingerprint density at radius 1 is 1.04 bits per heavy atom. The second kappa shape index (κ2) is 6.74. The molecule has 0 saturated heterocycles. The Morgan fingerprint density at radius 2 is 1.72 bits per heavy atom. The van der Waals surface area contributed by atoms with E-state index >= 15 is 0 Å². The van der Waals surface area contributed by atoms with Crippen molar-refractivity contribution in [2.75, 3.05) is 14.2 Å². The molecule has 4 aliphatic carbocycles. The third-order valence-corrected chi connectivity index (χ3v) is 6.39. The van der Waals surface area contributed by atoms with Crippen molar-refractivity contribution in [3.63, 3.8) is 0 Å². The monoisotopic (exact) mass is 341 g/mol. The zero-order chi connectivity index (χ0) is 17.4. The second-order valence-corrected chi connectivity index (χ2v) is 7.91. The number of methoxy groups -OCH3 is 2. The molecule has 1 aromatic carbocycles. The summed E-state index contributed by atoms with van der Waals surface area (Å²) in [4.78, 5) is 12.5. The molecule has 1 amide bonds. The van der Waals surface area contributed by atoms with Crippen molar-refractivity contribution < 1.29 is 14.3 Å². The summed E-state index contributed by atoms with van der Waals surface area (Å²) in [5.74, 6) is 4.73. The largest absolute Gasteiger partial charge is 0.497 e. The Morgan fingerprint density at radius 3 is 2.32 bits per heavy atom. The lowest BCUT2D eigenvalue weighted by Crippen LogP contribution is -2.55. The van der Waals surface area contributed by atoms with Crippen molar-refractivity contribution in [3.8, 4) is 11.5 Å². The van der Waals surface area contributed by atoms with E-state index < -0.39 is 0 Å². The van der Waals surface area contributed by atoms with Gasteiger partial charge in [0.05, 0.1) is 14.2 Å². The van der Waals surface area contributed by atoms with E-state index in [4.69, 9.17) is 9.47 Å². The van der Waals surface area contributed by atoms with Crippen LogP contribution in [0.3, 0.4) is 0 Å². The molecule has 4 fully saturated rings. The van der Waals surface area contributed by atoms with Gasteiger partial charge in [0, 0.05) is 17.7 Å². The third kappa shape index (κ3) is 3.26. The van der Waals surface area contributed by atoms with Gasteiger partial charge < -0.3 is 14.8 Å². The fraction of sp³-hybridized carbons (Fsp3) is 0.571. The molecule has 0 atom stereocenters. The summed E-state index contributed by atoms with van der Waals surface area (Å²) in [6.07, 6.45) is 10.1. The van der Waals surface area contributed by atoms with E-state index in [0.717, 1.165) is 28.9 Å². The fourth-order valence-electron chi connectivity index (χ4n) is 5.51. The van der Waals surface area contributed by atoms with Gasteiger partial charge in [0.2, 0.25) is 5.91 Å². The maximum absolute atomic E-state index is 12.5. The summed E-state index contributed by atoms with van der Waals surface area (Å²) in [7, 11) is 3.27. The minimum absolute atomic E-state index is 0.00217. The van der Waals surface area contributed by atoms with Crippen molar-refractivity contribution in [1.82, 2.24) is 5.32 Å². The maximum Gasteiger partial charge on any atom is 0.244 e. The number of ether oxygens (including phenoxy) is 2. The molecule has 1 aromatic rings. The number of rotatable bonds is 5. The van der Waals surface area contributed by atoms with Gasteiger partial charge in [-0.1, -0.05) is 0 Å². The van der Waals surface area contributed by atoms with Gasteiger partial charge in [-0.15, -0.1) is 0 Å². The van der Waals surface area contributed by atoms with Crippen molar-refractivity contribution in [1.29, 1.82) is 0 Å². The van der Waals surface area contributed by atoms with Crippen LogP contribution in [0.1, 0.15) is 37.7 Å². The molecule has 5 rings (SSSR count). The molecule has 0 heterocycles. The highest BCUT2D eigenvalue weighted by Crippen LogP contribution is 2.53. The summed E-state index contributed by atoms with van der Waals surface area (Å²) < 4.78 is 10.6. The van der Waals surface area contributed by atoms with Crippen LogP contribution in [0.5, 0.6) is 11.5 Å². The van der Waals surface area contributed by atoms with E-state index in [1.807, 2.05) is 24.3 Å². The normalized spacial score (nSPS) is 32.8. The lowest BCUT2D eigenvalue weighted by Gasteiger charge is -2.54. The van der Waals surface area contributed by atoms with E-state index in [1.54, 1.807) is 20.3 Å². The van der Waals surface area contributed by atoms with Crippen LogP contribution in [0.2, 0.25) is 0 Å². The summed E-state index contributed by atoms with van der Waals surface area (Å²) >= 11 is 0. The first-order chi connectivity index (χ1) is 12.2. The molecule has 0 radical (unpaired) electrons. The molecule has 4 nitrogen and oxygen atoms in total. The second-order valence-electron chi connectivity index (χ2n) is 7.91. The van der Waals surface area contributed by atoms with Crippen LogP contribution >= 0.6 is 0 Å². The zero-order valence-corrected chi connectivity index (χ0v) is 15.0. The Kier molecular flexibility index (Phi) is 4.45. The third-order valence-electron chi connectivity index (χ3n) is 6.39. The summed E-state index contributed by atoms with van der Waals surface area (Å²) in [5, 5.41) is 3.30. The maximum atomic E-state index is 12.5. The van der Waals surface area contributed by atoms with Crippen molar-refractivity contribution in [3.05, 3.63) is 29.8 Å². The first kappa shape index (κ1) is 16.5. The Balaban J connectivity index is 1.43.